The molecule has 0 aliphatic rings. The Balaban J connectivity index is 2.41. The molecule has 2 rings (SSSR count). The minimum absolute atomic E-state index is 0.0550. The molecule has 4 heteroatoms. The number of nitrogens with one attached hydrogen (secondary N) is 1. The van der Waals surface area contributed by atoms with Gasteiger partial charge in [0.05, 0.1) is 18.6 Å². The first-order valence-corrected chi connectivity index (χ1v) is 6.04. The molecule has 0 amide bonds. The molecule has 0 aliphatic carbocycles. The molecule has 1 heterocycles. The molecule has 1 aromatic heterocycles. The number of furan rings is 1. The molecule has 0 bridgehead atoms. The van der Waals surface area contributed by atoms with Crippen LogP contribution >= 0.6 is 27.5 Å². The highest BCUT2D eigenvalue weighted by Gasteiger charge is 2.16. The number of hydrogen-bond donors (Lipinski definition) is 1. The van der Waals surface area contributed by atoms with Gasteiger partial charge in [0.25, 0.3) is 0 Å². The van der Waals surface area contributed by atoms with Crippen molar-refractivity contribution in [2.24, 2.45) is 0 Å². The van der Waals surface area contributed by atoms with Gasteiger partial charge >= 0.3 is 0 Å². The molecule has 1 N–H and O–H groups in total. The first-order valence-electron chi connectivity index (χ1n) is 4.86. The molecule has 0 saturated heterocycles. The maximum absolute atomic E-state index is 6.22. The second-order valence-electron chi connectivity index (χ2n) is 3.44. The normalized spacial score (nSPS) is 12.7. The van der Waals surface area contributed by atoms with Gasteiger partial charge in [0.1, 0.15) is 0 Å². The molecule has 1 unspecified atom stereocenters. The zero-order valence-corrected chi connectivity index (χ0v) is 11.0. The molecule has 16 heavy (non-hydrogen) atoms. The second kappa shape index (κ2) is 5.04. The van der Waals surface area contributed by atoms with E-state index in [1.165, 1.54) is 0 Å². The fourth-order valence-corrected chi connectivity index (χ4v) is 2.46. The van der Waals surface area contributed by atoms with Gasteiger partial charge < -0.3 is 9.73 Å². The van der Waals surface area contributed by atoms with Crippen molar-refractivity contribution in [3.63, 3.8) is 0 Å². The number of hydrogen-bond acceptors (Lipinski definition) is 2. The minimum Gasteiger partial charge on any atom is -0.472 e. The standard InChI is InChI=1S/C12H11BrClNO/c1-15-12(8-4-5-16-7-8)10-3-2-9(13)6-11(10)14/h2-7,12,15H,1H3. The largest absolute Gasteiger partial charge is 0.472 e. The lowest BCUT2D eigenvalue weighted by atomic mass is 10.0. The topological polar surface area (TPSA) is 25.2 Å². The van der Waals surface area contributed by atoms with Gasteiger partial charge in [0.15, 0.2) is 0 Å². The van der Waals surface area contributed by atoms with Gasteiger partial charge in [0, 0.05) is 15.1 Å². The SMILES string of the molecule is CNC(c1ccoc1)c1ccc(Br)cc1Cl. The lowest BCUT2D eigenvalue weighted by Crippen LogP contribution is -2.17. The van der Waals surface area contributed by atoms with E-state index in [1.54, 1.807) is 12.5 Å². The zero-order chi connectivity index (χ0) is 11.5. The monoisotopic (exact) mass is 299 g/mol. The number of benzene rings is 1. The molecule has 0 aliphatic heterocycles. The molecule has 0 radical (unpaired) electrons. The van der Waals surface area contributed by atoms with Crippen LogP contribution in [0.2, 0.25) is 5.02 Å². The van der Waals surface area contributed by atoms with E-state index in [1.807, 2.05) is 31.3 Å². The molecular weight excluding hydrogens is 289 g/mol. The summed E-state index contributed by atoms with van der Waals surface area (Å²) in [5.41, 5.74) is 2.10. The lowest BCUT2D eigenvalue weighted by Gasteiger charge is -2.16. The van der Waals surface area contributed by atoms with Gasteiger partial charge in [-0.1, -0.05) is 33.6 Å². The van der Waals surface area contributed by atoms with Crippen molar-refractivity contribution in [2.45, 2.75) is 6.04 Å². The summed E-state index contributed by atoms with van der Waals surface area (Å²) in [6.45, 7) is 0. The quantitative estimate of drug-likeness (QED) is 0.926. The van der Waals surface area contributed by atoms with Crippen molar-refractivity contribution in [3.05, 3.63) is 57.4 Å². The van der Waals surface area contributed by atoms with Crippen molar-refractivity contribution >= 4 is 27.5 Å². The summed E-state index contributed by atoms with van der Waals surface area (Å²) in [4.78, 5) is 0. The summed E-state index contributed by atoms with van der Waals surface area (Å²) < 4.78 is 6.07. The van der Waals surface area contributed by atoms with E-state index in [4.69, 9.17) is 16.0 Å². The Labute approximate surface area is 108 Å². The molecule has 2 nitrogen and oxygen atoms in total. The molecule has 84 valence electrons. The van der Waals surface area contributed by atoms with E-state index in [0.29, 0.717) is 0 Å². The van der Waals surface area contributed by atoms with E-state index in [9.17, 15) is 0 Å². The first kappa shape index (κ1) is 11.7. The third-order valence-corrected chi connectivity index (χ3v) is 3.26. The molecule has 0 spiro atoms. The van der Waals surface area contributed by atoms with Crippen LogP contribution in [0.1, 0.15) is 17.2 Å². The summed E-state index contributed by atoms with van der Waals surface area (Å²) in [5.74, 6) is 0. The summed E-state index contributed by atoms with van der Waals surface area (Å²) >= 11 is 9.61. The summed E-state index contributed by atoms with van der Waals surface area (Å²) in [7, 11) is 1.90. The van der Waals surface area contributed by atoms with Crippen LogP contribution in [-0.2, 0) is 0 Å². The van der Waals surface area contributed by atoms with Crippen LogP contribution in [0.3, 0.4) is 0 Å². The summed E-state index contributed by atoms with van der Waals surface area (Å²) in [6, 6.07) is 7.85. The Morgan fingerprint density at radius 2 is 2.19 bits per heavy atom. The highest BCUT2D eigenvalue weighted by Crippen LogP contribution is 2.30. The van der Waals surface area contributed by atoms with Crippen LogP contribution in [0, 0.1) is 0 Å². The molecule has 1 aromatic carbocycles. The zero-order valence-electron chi connectivity index (χ0n) is 8.71. The fourth-order valence-electron chi connectivity index (χ4n) is 1.68. The Morgan fingerprint density at radius 1 is 1.38 bits per heavy atom. The predicted molar refractivity (Wildman–Crippen MR) is 68.8 cm³/mol. The lowest BCUT2D eigenvalue weighted by molar-refractivity contribution is 0.557. The average Bonchev–Trinajstić information content (AvgIpc) is 2.75. The maximum Gasteiger partial charge on any atom is 0.0953 e. The van der Waals surface area contributed by atoms with Crippen LogP contribution in [0.15, 0.2) is 45.7 Å². The highest BCUT2D eigenvalue weighted by molar-refractivity contribution is 9.10. The van der Waals surface area contributed by atoms with Gasteiger partial charge in [-0.15, -0.1) is 0 Å². The fraction of sp³-hybridized carbons (Fsp3) is 0.167. The van der Waals surface area contributed by atoms with Gasteiger partial charge in [-0.05, 0) is 30.8 Å². The Kier molecular flexibility index (Phi) is 3.69. The van der Waals surface area contributed by atoms with Crippen molar-refractivity contribution in [1.29, 1.82) is 0 Å². The third kappa shape index (κ3) is 2.32. The van der Waals surface area contributed by atoms with Crippen molar-refractivity contribution in [1.82, 2.24) is 5.32 Å². The predicted octanol–water partition coefficient (Wildman–Crippen LogP) is 4.00. The average molecular weight is 301 g/mol. The van der Waals surface area contributed by atoms with Gasteiger partial charge in [0.2, 0.25) is 0 Å². The van der Waals surface area contributed by atoms with Crippen LogP contribution in [-0.4, -0.2) is 7.05 Å². The van der Waals surface area contributed by atoms with Crippen LogP contribution in [0.4, 0.5) is 0 Å². The van der Waals surface area contributed by atoms with E-state index >= 15 is 0 Å². The van der Waals surface area contributed by atoms with Gasteiger partial charge in [-0.3, -0.25) is 0 Å². The van der Waals surface area contributed by atoms with Crippen molar-refractivity contribution < 1.29 is 4.42 Å². The van der Waals surface area contributed by atoms with Crippen LogP contribution in [0.25, 0.3) is 0 Å². The van der Waals surface area contributed by atoms with E-state index in [2.05, 4.69) is 21.2 Å². The van der Waals surface area contributed by atoms with Crippen molar-refractivity contribution in [2.75, 3.05) is 7.05 Å². The first-order chi connectivity index (χ1) is 7.72. The number of halogens is 2. The molecule has 0 saturated carbocycles. The Hall–Kier alpha value is -0.770. The third-order valence-electron chi connectivity index (χ3n) is 2.44. The second-order valence-corrected chi connectivity index (χ2v) is 4.77. The highest BCUT2D eigenvalue weighted by atomic mass is 79.9. The van der Waals surface area contributed by atoms with E-state index < -0.39 is 0 Å². The van der Waals surface area contributed by atoms with E-state index in [-0.39, 0.29) is 6.04 Å². The van der Waals surface area contributed by atoms with Crippen molar-refractivity contribution in [3.8, 4) is 0 Å². The summed E-state index contributed by atoms with van der Waals surface area (Å²) in [6.07, 6.45) is 3.38. The smallest absolute Gasteiger partial charge is 0.0953 e. The minimum atomic E-state index is 0.0550. The Morgan fingerprint density at radius 3 is 2.75 bits per heavy atom. The van der Waals surface area contributed by atoms with E-state index in [0.717, 1.165) is 20.6 Å². The Bertz CT molecular complexity index is 470. The van der Waals surface area contributed by atoms with Gasteiger partial charge in [-0.25, -0.2) is 0 Å². The molecule has 0 fully saturated rings. The maximum atomic E-state index is 6.22. The van der Waals surface area contributed by atoms with Crippen LogP contribution < -0.4 is 5.32 Å². The van der Waals surface area contributed by atoms with Crippen LogP contribution in [0.5, 0.6) is 0 Å². The molecule has 2 aromatic rings. The molecular formula is C12H11BrClNO. The summed E-state index contributed by atoms with van der Waals surface area (Å²) in [5, 5.41) is 3.95. The number of rotatable bonds is 3. The molecule has 1 atom stereocenters. The van der Waals surface area contributed by atoms with Gasteiger partial charge in [-0.2, -0.15) is 0 Å².